The highest BCUT2D eigenvalue weighted by atomic mass is 19.1. The molecule has 6 nitrogen and oxygen atoms in total. The third kappa shape index (κ3) is 3.64. The number of benzene rings is 1. The number of carbonyl (C=O) groups is 1. The highest BCUT2D eigenvalue weighted by Gasteiger charge is 2.44. The van der Waals surface area contributed by atoms with Gasteiger partial charge in [0, 0.05) is 24.5 Å². The minimum Gasteiger partial charge on any atom is -0.377 e. The fraction of sp³-hybridized carbons (Fsp3) is 0.474. The van der Waals surface area contributed by atoms with Crippen molar-refractivity contribution in [1.82, 2.24) is 14.7 Å². The molecule has 0 unspecified atom stereocenters. The van der Waals surface area contributed by atoms with Crippen molar-refractivity contribution >= 4 is 5.91 Å². The Morgan fingerprint density at radius 2 is 2.31 bits per heavy atom. The van der Waals surface area contributed by atoms with Crippen molar-refractivity contribution < 1.29 is 18.7 Å². The van der Waals surface area contributed by atoms with Crippen LogP contribution in [-0.4, -0.2) is 58.6 Å². The second-order valence-electron chi connectivity index (χ2n) is 6.98. The number of halogens is 1. The fourth-order valence-corrected chi connectivity index (χ4v) is 3.75. The molecule has 2 aliphatic heterocycles. The molecule has 7 heteroatoms. The van der Waals surface area contributed by atoms with Crippen LogP contribution in [0.2, 0.25) is 0 Å². The van der Waals surface area contributed by atoms with Crippen LogP contribution in [0.5, 0.6) is 0 Å². The second-order valence-corrected chi connectivity index (χ2v) is 6.98. The Labute approximate surface area is 151 Å². The van der Waals surface area contributed by atoms with E-state index in [4.69, 9.17) is 9.47 Å². The predicted molar refractivity (Wildman–Crippen MR) is 92.2 cm³/mol. The SMILES string of the molecule is O=C(c1cccc(F)c1)N1CCOC[C@]2(CC[C@H](Cn3cccn3)O2)C1. The van der Waals surface area contributed by atoms with Crippen molar-refractivity contribution in [2.24, 2.45) is 0 Å². The van der Waals surface area contributed by atoms with Gasteiger partial charge in [-0.2, -0.15) is 5.10 Å². The molecule has 2 atom stereocenters. The summed E-state index contributed by atoms with van der Waals surface area (Å²) < 4.78 is 27.4. The lowest BCUT2D eigenvalue weighted by atomic mass is 9.99. The summed E-state index contributed by atoms with van der Waals surface area (Å²) in [6.45, 7) is 2.54. The van der Waals surface area contributed by atoms with Crippen molar-refractivity contribution in [3.8, 4) is 0 Å². The molecule has 0 bridgehead atoms. The molecule has 2 aliphatic rings. The van der Waals surface area contributed by atoms with Crippen molar-refractivity contribution in [3.63, 3.8) is 0 Å². The van der Waals surface area contributed by atoms with Crippen LogP contribution >= 0.6 is 0 Å². The van der Waals surface area contributed by atoms with E-state index in [1.54, 1.807) is 23.2 Å². The highest BCUT2D eigenvalue weighted by molar-refractivity contribution is 5.94. The smallest absolute Gasteiger partial charge is 0.254 e. The second kappa shape index (κ2) is 7.17. The van der Waals surface area contributed by atoms with Crippen molar-refractivity contribution in [2.45, 2.75) is 31.1 Å². The molecule has 2 saturated heterocycles. The minimum atomic E-state index is -0.503. The van der Waals surface area contributed by atoms with Gasteiger partial charge in [-0.25, -0.2) is 4.39 Å². The minimum absolute atomic E-state index is 0.0442. The van der Waals surface area contributed by atoms with Crippen LogP contribution in [0.3, 0.4) is 0 Å². The molecule has 0 N–H and O–H groups in total. The molecule has 4 rings (SSSR count). The number of nitrogens with zero attached hydrogens (tertiary/aromatic N) is 3. The van der Waals surface area contributed by atoms with Crippen LogP contribution in [0, 0.1) is 5.82 Å². The van der Waals surface area contributed by atoms with Gasteiger partial charge in [0.25, 0.3) is 5.91 Å². The van der Waals surface area contributed by atoms with Crippen molar-refractivity contribution in [2.75, 3.05) is 26.3 Å². The van der Waals surface area contributed by atoms with Gasteiger partial charge in [0.05, 0.1) is 32.4 Å². The molecule has 0 aliphatic carbocycles. The molecule has 138 valence electrons. The molecule has 2 fully saturated rings. The summed E-state index contributed by atoms with van der Waals surface area (Å²) in [5.74, 6) is -0.596. The van der Waals surface area contributed by atoms with Crippen LogP contribution in [0.4, 0.5) is 4.39 Å². The first-order chi connectivity index (χ1) is 12.6. The zero-order valence-electron chi connectivity index (χ0n) is 14.5. The number of amides is 1. The van der Waals surface area contributed by atoms with Gasteiger partial charge in [0.1, 0.15) is 11.4 Å². The first-order valence-corrected chi connectivity index (χ1v) is 8.91. The maximum absolute atomic E-state index is 13.5. The van der Waals surface area contributed by atoms with E-state index in [0.29, 0.717) is 38.4 Å². The molecule has 0 saturated carbocycles. The zero-order chi connectivity index (χ0) is 18.0. The number of hydrogen-bond donors (Lipinski definition) is 0. The summed E-state index contributed by atoms with van der Waals surface area (Å²) in [4.78, 5) is 14.5. The van der Waals surface area contributed by atoms with Crippen LogP contribution in [0.15, 0.2) is 42.7 Å². The maximum Gasteiger partial charge on any atom is 0.254 e. The number of carbonyl (C=O) groups excluding carboxylic acids is 1. The van der Waals surface area contributed by atoms with Crippen molar-refractivity contribution in [1.29, 1.82) is 0 Å². The van der Waals surface area contributed by atoms with E-state index in [0.717, 1.165) is 12.8 Å². The van der Waals surface area contributed by atoms with Crippen LogP contribution in [-0.2, 0) is 16.0 Å². The summed E-state index contributed by atoms with van der Waals surface area (Å²) in [7, 11) is 0. The van der Waals surface area contributed by atoms with E-state index in [1.807, 2.05) is 16.9 Å². The lowest BCUT2D eigenvalue weighted by molar-refractivity contribution is -0.0881. The van der Waals surface area contributed by atoms with Gasteiger partial charge in [-0.05, 0) is 37.1 Å². The van der Waals surface area contributed by atoms with Crippen LogP contribution in [0.1, 0.15) is 23.2 Å². The van der Waals surface area contributed by atoms with Gasteiger partial charge in [-0.1, -0.05) is 6.07 Å². The highest BCUT2D eigenvalue weighted by Crippen LogP contribution is 2.34. The van der Waals surface area contributed by atoms with Crippen LogP contribution < -0.4 is 0 Å². The Hall–Kier alpha value is -2.25. The average molecular weight is 359 g/mol. The van der Waals surface area contributed by atoms with E-state index in [-0.39, 0.29) is 12.0 Å². The van der Waals surface area contributed by atoms with Gasteiger partial charge in [-0.3, -0.25) is 9.48 Å². The molecule has 2 aromatic rings. The quantitative estimate of drug-likeness (QED) is 0.842. The summed E-state index contributed by atoms with van der Waals surface area (Å²) in [6.07, 6.45) is 5.43. The van der Waals surface area contributed by atoms with E-state index in [9.17, 15) is 9.18 Å². The predicted octanol–water partition coefficient (Wildman–Crippen LogP) is 2.11. The van der Waals surface area contributed by atoms with Gasteiger partial charge in [-0.15, -0.1) is 0 Å². The maximum atomic E-state index is 13.5. The zero-order valence-corrected chi connectivity index (χ0v) is 14.5. The Morgan fingerprint density at radius 1 is 1.38 bits per heavy atom. The molecule has 1 amide bonds. The lowest BCUT2D eigenvalue weighted by Crippen LogP contribution is -2.46. The standard InChI is InChI=1S/C19H22FN3O3/c20-16-4-1-3-15(11-16)18(24)22-9-10-25-14-19(13-22)6-5-17(26-19)12-23-8-2-7-21-23/h1-4,7-8,11,17H,5-6,9-10,12-14H2/t17-,19+/m1/s1. The van der Waals surface area contributed by atoms with E-state index < -0.39 is 11.4 Å². The molecule has 3 heterocycles. The third-order valence-electron chi connectivity index (χ3n) is 5.00. The largest absolute Gasteiger partial charge is 0.377 e. The Balaban J connectivity index is 1.46. The van der Waals surface area contributed by atoms with E-state index >= 15 is 0 Å². The van der Waals surface area contributed by atoms with E-state index in [1.165, 1.54) is 12.1 Å². The monoisotopic (exact) mass is 359 g/mol. The Kier molecular flexibility index (Phi) is 4.74. The Bertz CT molecular complexity index is 767. The lowest BCUT2D eigenvalue weighted by Gasteiger charge is -2.32. The van der Waals surface area contributed by atoms with Gasteiger partial charge >= 0.3 is 0 Å². The molecular formula is C19H22FN3O3. The van der Waals surface area contributed by atoms with Gasteiger partial charge < -0.3 is 14.4 Å². The van der Waals surface area contributed by atoms with Gasteiger partial charge in [0.2, 0.25) is 0 Å². The molecule has 1 spiro atoms. The molecule has 0 radical (unpaired) electrons. The molecular weight excluding hydrogens is 337 g/mol. The third-order valence-corrected chi connectivity index (χ3v) is 5.00. The number of ether oxygens (including phenoxy) is 2. The summed E-state index contributed by atoms with van der Waals surface area (Å²) in [6, 6.07) is 7.69. The first-order valence-electron chi connectivity index (χ1n) is 8.91. The number of rotatable bonds is 3. The molecule has 26 heavy (non-hydrogen) atoms. The summed E-state index contributed by atoms with van der Waals surface area (Å²) in [5, 5.41) is 4.23. The van der Waals surface area contributed by atoms with Crippen LogP contribution in [0.25, 0.3) is 0 Å². The fourth-order valence-electron chi connectivity index (χ4n) is 3.75. The van der Waals surface area contributed by atoms with Crippen molar-refractivity contribution in [3.05, 3.63) is 54.1 Å². The summed E-state index contributed by atoms with van der Waals surface area (Å²) >= 11 is 0. The summed E-state index contributed by atoms with van der Waals surface area (Å²) in [5.41, 5.74) is -0.148. The number of hydrogen-bond acceptors (Lipinski definition) is 4. The first kappa shape index (κ1) is 17.2. The molecule has 1 aromatic heterocycles. The Morgan fingerprint density at radius 3 is 3.12 bits per heavy atom. The van der Waals surface area contributed by atoms with E-state index in [2.05, 4.69) is 5.10 Å². The topological polar surface area (TPSA) is 56.6 Å². The average Bonchev–Trinajstić information content (AvgIpc) is 3.22. The van der Waals surface area contributed by atoms with Gasteiger partial charge in [0.15, 0.2) is 0 Å². The number of aromatic nitrogens is 2. The molecule has 1 aromatic carbocycles. The normalized spacial score (nSPS) is 26.2.